The fourth-order valence-electron chi connectivity index (χ4n) is 2.01. The summed E-state index contributed by atoms with van der Waals surface area (Å²) in [4.78, 5) is 15.1. The molecule has 2 aromatic heterocycles. The summed E-state index contributed by atoms with van der Waals surface area (Å²) in [5.41, 5.74) is 0.732. The molecule has 0 bridgehead atoms. The van der Waals surface area contributed by atoms with E-state index in [-0.39, 0.29) is 17.1 Å². The number of hydrogen-bond donors (Lipinski definition) is 2. The minimum atomic E-state index is -3.74. The van der Waals surface area contributed by atoms with E-state index in [1.807, 2.05) is 12.1 Å². The van der Waals surface area contributed by atoms with Crippen LogP contribution in [0.15, 0.2) is 41.6 Å². The lowest BCUT2D eigenvalue weighted by molar-refractivity contribution is 0.0685. The van der Waals surface area contributed by atoms with E-state index >= 15 is 0 Å². The monoisotopic (exact) mass is 323 g/mol. The summed E-state index contributed by atoms with van der Waals surface area (Å²) in [6.07, 6.45) is 3.43. The third kappa shape index (κ3) is 3.71. The van der Waals surface area contributed by atoms with Crippen LogP contribution in [0, 0.1) is 0 Å². The highest BCUT2D eigenvalue weighted by Crippen LogP contribution is 2.14. The topological polar surface area (TPSA) is 101 Å². The Hall–Kier alpha value is -2.19. The minimum Gasteiger partial charge on any atom is -0.477 e. The summed E-state index contributed by atoms with van der Waals surface area (Å²) in [7, 11) is -3.74. The molecular formula is C14H17N3O4S. The van der Waals surface area contributed by atoms with Crippen LogP contribution in [0.25, 0.3) is 0 Å². The highest BCUT2D eigenvalue weighted by molar-refractivity contribution is 7.89. The second-order valence-corrected chi connectivity index (χ2v) is 6.39. The van der Waals surface area contributed by atoms with E-state index in [0.717, 1.165) is 11.8 Å². The van der Waals surface area contributed by atoms with Crippen LogP contribution in [-0.4, -0.2) is 35.6 Å². The number of carboxylic acids is 1. The molecule has 0 aliphatic heterocycles. The van der Waals surface area contributed by atoms with Crippen molar-refractivity contribution >= 4 is 16.0 Å². The maximum atomic E-state index is 12.2. The van der Waals surface area contributed by atoms with Gasteiger partial charge in [-0.05, 0) is 25.1 Å². The van der Waals surface area contributed by atoms with E-state index in [9.17, 15) is 13.2 Å². The summed E-state index contributed by atoms with van der Waals surface area (Å²) >= 11 is 0. The van der Waals surface area contributed by atoms with E-state index in [2.05, 4.69) is 9.71 Å². The van der Waals surface area contributed by atoms with Crippen LogP contribution in [0.3, 0.4) is 0 Å². The number of nitrogens with one attached hydrogen (secondary N) is 1. The van der Waals surface area contributed by atoms with Gasteiger partial charge in [0.1, 0.15) is 10.6 Å². The highest BCUT2D eigenvalue weighted by atomic mass is 32.2. The van der Waals surface area contributed by atoms with Crippen LogP contribution in [0.2, 0.25) is 0 Å². The normalized spacial score (nSPS) is 11.5. The first kappa shape index (κ1) is 16.2. The molecule has 8 heteroatoms. The lowest BCUT2D eigenvalue weighted by Crippen LogP contribution is -2.25. The molecule has 0 aromatic carbocycles. The predicted molar refractivity (Wildman–Crippen MR) is 80.2 cm³/mol. The highest BCUT2D eigenvalue weighted by Gasteiger charge is 2.20. The number of hydrogen-bond acceptors (Lipinski definition) is 4. The average molecular weight is 323 g/mol. The van der Waals surface area contributed by atoms with Crippen molar-refractivity contribution < 1.29 is 18.3 Å². The second-order valence-electron chi connectivity index (χ2n) is 4.62. The molecule has 118 valence electrons. The fourth-order valence-corrected chi connectivity index (χ4v) is 3.08. The van der Waals surface area contributed by atoms with Crippen molar-refractivity contribution in [1.82, 2.24) is 14.3 Å². The van der Waals surface area contributed by atoms with Gasteiger partial charge in [-0.2, -0.15) is 0 Å². The van der Waals surface area contributed by atoms with Gasteiger partial charge in [0.15, 0.2) is 0 Å². The van der Waals surface area contributed by atoms with Gasteiger partial charge in [0.05, 0.1) is 0 Å². The maximum Gasteiger partial charge on any atom is 0.352 e. The SMILES string of the molecule is CCn1cc(S(=O)(=O)NCCc2ccccn2)cc1C(=O)O. The number of aryl methyl sites for hydroxylation is 1. The van der Waals surface area contributed by atoms with Gasteiger partial charge in [-0.15, -0.1) is 0 Å². The first-order valence-electron chi connectivity index (χ1n) is 6.77. The number of carbonyl (C=O) groups is 1. The molecule has 2 heterocycles. The molecule has 0 aliphatic rings. The Morgan fingerprint density at radius 3 is 2.73 bits per heavy atom. The summed E-state index contributed by atoms with van der Waals surface area (Å²) in [5, 5.41) is 9.06. The number of aromatic nitrogens is 2. The number of pyridine rings is 1. The van der Waals surface area contributed by atoms with Crippen molar-refractivity contribution in [3.05, 3.63) is 48.0 Å². The molecule has 0 amide bonds. The molecule has 0 unspecified atom stereocenters. The zero-order valence-corrected chi connectivity index (χ0v) is 12.9. The first-order valence-corrected chi connectivity index (χ1v) is 8.25. The van der Waals surface area contributed by atoms with Crippen LogP contribution in [0.5, 0.6) is 0 Å². The lowest BCUT2D eigenvalue weighted by Gasteiger charge is -2.04. The number of carboxylic acid groups (broad SMARTS) is 1. The van der Waals surface area contributed by atoms with Gasteiger partial charge in [-0.3, -0.25) is 4.98 Å². The molecule has 0 atom stereocenters. The number of aromatic carboxylic acids is 1. The van der Waals surface area contributed by atoms with Crippen LogP contribution >= 0.6 is 0 Å². The molecule has 0 saturated heterocycles. The maximum absolute atomic E-state index is 12.2. The smallest absolute Gasteiger partial charge is 0.352 e. The van der Waals surface area contributed by atoms with Gasteiger partial charge in [0, 0.05) is 37.6 Å². The second kappa shape index (κ2) is 6.71. The van der Waals surface area contributed by atoms with E-state index in [0.29, 0.717) is 13.0 Å². The zero-order chi connectivity index (χ0) is 16.2. The zero-order valence-electron chi connectivity index (χ0n) is 12.1. The molecule has 0 radical (unpaired) electrons. The Kier molecular flexibility index (Phi) is 4.94. The van der Waals surface area contributed by atoms with E-state index in [1.165, 1.54) is 10.8 Å². The van der Waals surface area contributed by atoms with Gasteiger partial charge in [0.25, 0.3) is 0 Å². The molecule has 0 saturated carbocycles. The molecule has 0 fully saturated rings. The Morgan fingerprint density at radius 1 is 1.41 bits per heavy atom. The predicted octanol–water partition coefficient (Wildman–Crippen LogP) is 1.12. The van der Waals surface area contributed by atoms with Crippen molar-refractivity contribution in [2.24, 2.45) is 0 Å². The third-order valence-electron chi connectivity index (χ3n) is 3.14. The summed E-state index contributed by atoms with van der Waals surface area (Å²) in [6, 6.07) is 6.59. The molecule has 22 heavy (non-hydrogen) atoms. The molecule has 2 N–H and O–H groups in total. The molecule has 2 aromatic rings. The molecule has 0 spiro atoms. The van der Waals surface area contributed by atoms with Gasteiger partial charge < -0.3 is 9.67 Å². The van der Waals surface area contributed by atoms with E-state index in [1.54, 1.807) is 19.2 Å². The van der Waals surface area contributed by atoms with Gasteiger partial charge in [0.2, 0.25) is 10.0 Å². The molecule has 7 nitrogen and oxygen atoms in total. The number of rotatable bonds is 7. The van der Waals surface area contributed by atoms with Crippen molar-refractivity contribution in [3.8, 4) is 0 Å². The Labute approximate surface area is 128 Å². The van der Waals surface area contributed by atoms with E-state index < -0.39 is 16.0 Å². The lowest BCUT2D eigenvalue weighted by atomic mass is 10.3. The molecular weight excluding hydrogens is 306 g/mol. The Balaban J connectivity index is 2.08. The van der Waals surface area contributed by atoms with Crippen LogP contribution < -0.4 is 4.72 Å². The number of nitrogens with zero attached hydrogens (tertiary/aromatic N) is 2. The largest absolute Gasteiger partial charge is 0.477 e. The average Bonchev–Trinajstić information content (AvgIpc) is 2.93. The van der Waals surface area contributed by atoms with Crippen LogP contribution in [-0.2, 0) is 23.0 Å². The summed E-state index contributed by atoms with van der Waals surface area (Å²) in [5.74, 6) is -1.16. The summed E-state index contributed by atoms with van der Waals surface area (Å²) < 4.78 is 28.2. The number of sulfonamides is 1. The van der Waals surface area contributed by atoms with Crippen molar-refractivity contribution in [1.29, 1.82) is 0 Å². The standard InChI is InChI=1S/C14H17N3O4S/c1-2-17-10-12(9-13(17)14(18)19)22(20,21)16-8-6-11-5-3-4-7-15-11/h3-5,7,9-10,16H,2,6,8H2,1H3,(H,18,19). The fraction of sp³-hybridized carbons (Fsp3) is 0.286. The first-order chi connectivity index (χ1) is 10.4. The van der Waals surface area contributed by atoms with Crippen LogP contribution in [0.1, 0.15) is 23.1 Å². The van der Waals surface area contributed by atoms with Crippen molar-refractivity contribution in [2.75, 3.05) is 6.54 Å². The Bertz CT molecular complexity index is 754. The quantitative estimate of drug-likeness (QED) is 0.795. The minimum absolute atomic E-state index is 0.0484. The third-order valence-corrected chi connectivity index (χ3v) is 4.57. The Morgan fingerprint density at radius 2 is 2.18 bits per heavy atom. The van der Waals surface area contributed by atoms with Gasteiger partial charge in [-0.1, -0.05) is 6.07 Å². The summed E-state index contributed by atoms with van der Waals surface area (Å²) in [6.45, 7) is 2.32. The van der Waals surface area contributed by atoms with Gasteiger partial charge in [-0.25, -0.2) is 17.9 Å². The molecule has 0 aliphatic carbocycles. The van der Waals surface area contributed by atoms with Crippen LogP contribution in [0.4, 0.5) is 0 Å². The molecule has 2 rings (SSSR count). The van der Waals surface area contributed by atoms with Crippen molar-refractivity contribution in [3.63, 3.8) is 0 Å². The van der Waals surface area contributed by atoms with E-state index in [4.69, 9.17) is 5.11 Å². The van der Waals surface area contributed by atoms with Gasteiger partial charge >= 0.3 is 5.97 Å². The van der Waals surface area contributed by atoms with Crippen molar-refractivity contribution in [2.45, 2.75) is 24.8 Å².